The van der Waals surface area contributed by atoms with Gasteiger partial charge in [0.15, 0.2) is 0 Å². The van der Waals surface area contributed by atoms with Crippen LogP contribution in [0.25, 0.3) is 0 Å². The Morgan fingerprint density at radius 1 is 1.32 bits per heavy atom. The lowest BCUT2D eigenvalue weighted by atomic mass is 10.1. The van der Waals surface area contributed by atoms with E-state index < -0.39 is 0 Å². The van der Waals surface area contributed by atoms with Crippen molar-refractivity contribution in [2.45, 2.75) is 44.7 Å². The fourth-order valence-electron chi connectivity index (χ4n) is 4.00. The largest absolute Gasteiger partial charge is 0.497 e. The highest BCUT2D eigenvalue weighted by molar-refractivity contribution is 5.83. The molecule has 3 atom stereocenters. The van der Waals surface area contributed by atoms with Gasteiger partial charge in [0, 0.05) is 18.7 Å². The molecule has 2 heterocycles. The van der Waals surface area contributed by atoms with Crippen LogP contribution in [0.15, 0.2) is 36.7 Å². The molecule has 2 aliphatic rings. The molecule has 1 amide bonds. The lowest BCUT2D eigenvalue weighted by Gasteiger charge is -2.25. The van der Waals surface area contributed by atoms with Crippen LogP contribution < -0.4 is 4.74 Å². The third kappa shape index (κ3) is 3.28. The van der Waals surface area contributed by atoms with Gasteiger partial charge in [0.2, 0.25) is 5.91 Å². The maximum absolute atomic E-state index is 13.0. The predicted octanol–water partition coefficient (Wildman–Crippen LogP) is 2.99. The minimum atomic E-state index is 0.147. The molecule has 1 aromatic heterocycles. The highest BCUT2D eigenvalue weighted by atomic mass is 16.5. The monoisotopic (exact) mass is 339 g/mol. The van der Waals surface area contributed by atoms with Gasteiger partial charge in [-0.1, -0.05) is 12.1 Å². The lowest BCUT2D eigenvalue weighted by Crippen LogP contribution is -2.39. The van der Waals surface area contributed by atoms with Crippen LogP contribution in [-0.4, -0.2) is 40.3 Å². The van der Waals surface area contributed by atoms with Gasteiger partial charge in [0.25, 0.3) is 0 Å². The minimum Gasteiger partial charge on any atom is -0.497 e. The number of nitrogens with zero attached hydrogens (tertiary/aromatic N) is 3. The van der Waals surface area contributed by atoms with E-state index in [9.17, 15) is 4.79 Å². The molecule has 1 saturated carbocycles. The second kappa shape index (κ2) is 6.54. The van der Waals surface area contributed by atoms with Crippen molar-refractivity contribution in [1.29, 1.82) is 0 Å². The van der Waals surface area contributed by atoms with Crippen LogP contribution in [0, 0.1) is 12.8 Å². The molecule has 4 rings (SSSR count). The minimum absolute atomic E-state index is 0.147. The van der Waals surface area contributed by atoms with E-state index >= 15 is 0 Å². The summed E-state index contributed by atoms with van der Waals surface area (Å²) in [6, 6.07) is 8.42. The van der Waals surface area contributed by atoms with E-state index in [1.807, 2.05) is 29.9 Å². The number of methoxy groups -OCH3 is 1. The van der Waals surface area contributed by atoms with Crippen molar-refractivity contribution in [2.24, 2.45) is 5.92 Å². The van der Waals surface area contributed by atoms with Crippen LogP contribution in [-0.2, 0) is 11.3 Å². The molecule has 0 spiro atoms. The molecule has 1 aliphatic carbocycles. The first-order valence-electron chi connectivity index (χ1n) is 9.09. The zero-order valence-electron chi connectivity index (χ0n) is 14.9. The van der Waals surface area contributed by atoms with Gasteiger partial charge < -0.3 is 9.64 Å². The van der Waals surface area contributed by atoms with Crippen molar-refractivity contribution in [3.05, 3.63) is 47.8 Å². The summed E-state index contributed by atoms with van der Waals surface area (Å²) in [4.78, 5) is 15.1. The predicted molar refractivity (Wildman–Crippen MR) is 95.5 cm³/mol. The van der Waals surface area contributed by atoms with Gasteiger partial charge >= 0.3 is 0 Å². The molecular weight excluding hydrogens is 314 g/mol. The number of aromatic nitrogens is 2. The Bertz CT molecular complexity index is 753. The molecular formula is C20H25N3O2. The highest BCUT2D eigenvalue weighted by Crippen LogP contribution is 2.49. The molecule has 1 aliphatic heterocycles. The zero-order chi connectivity index (χ0) is 17.4. The SMILES string of the molecule is COc1ccc([C@@H]2C[C@@H]2C(=O)N2CCC[C@H]2Cn2cc(C)cn2)cc1. The van der Waals surface area contributed by atoms with Gasteiger partial charge in [-0.05, 0) is 55.4 Å². The van der Waals surface area contributed by atoms with E-state index in [0.717, 1.165) is 43.7 Å². The first kappa shape index (κ1) is 16.2. The topological polar surface area (TPSA) is 47.4 Å². The molecule has 5 heteroatoms. The van der Waals surface area contributed by atoms with E-state index in [1.54, 1.807) is 7.11 Å². The van der Waals surface area contributed by atoms with Gasteiger partial charge in [0.05, 0.1) is 25.9 Å². The Balaban J connectivity index is 1.40. The van der Waals surface area contributed by atoms with Gasteiger partial charge in [-0.25, -0.2) is 0 Å². The number of carbonyl (C=O) groups excluding carboxylic acids is 1. The highest BCUT2D eigenvalue weighted by Gasteiger charge is 2.47. The van der Waals surface area contributed by atoms with Crippen LogP contribution >= 0.6 is 0 Å². The first-order valence-corrected chi connectivity index (χ1v) is 9.09. The fourth-order valence-corrected chi connectivity index (χ4v) is 4.00. The standard InChI is InChI=1S/C20H25N3O2/c1-14-11-21-22(12-14)13-16-4-3-9-23(16)20(24)19-10-18(19)15-5-7-17(25-2)8-6-15/h5-8,11-12,16,18-19H,3-4,9-10,13H2,1-2H3/t16-,18-,19-/m0/s1. The van der Waals surface area contributed by atoms with Crippen molar-refractivity contribution in [2.75, 3.05) is 13.7 Å². The van der Waals surface area contributed by atoms with Gasteiger partial charge in [0.1, 0.15) is 5.75 Å². The third-order valence-corrected chi connectivity index (χ3v) is 5.47. The normalized spacial score (nSPS) is 25.2. The summed E-state index contributed by atoms with van der Waals surface area (Å²) < 4.78 is 7.19. The van der Waals surface area contributed by atoms with E-state index in [0.29, 0.717) is 11.8 Å². The van der Waals surface area contributed by atoms with Crippen molar-refractivity contribution in [3.8, 4) is 5.75 Å². The van der Waals surface area contributed by atoms with Gasteiger partial charge in [-0.15, -0.1) is 0 Å². The first-order chi connectivity index (χ1) is 12.2. The van der Waals surface area contributed by atoms with Crippen molar-refractivity contribution in [3.63, 3.8) is 0 Å². The van der Waals surface area contributed by atoms with Crippen LogP contribution in [0.1, 0.15) is 36.3 Å². The number of hydrogen-bond donors (Lipinski definition) is 0. The Labute approximate surface area is 148 Å². The summed E-state index contributed by atoms with van der Waals surface area (Å²) in [7, 11) is 1.67. The number of hydrogen-bond acceptors (Lipinski definition) is 3. The quantitative estimate of drug-likeness (QED) is 0.841. The molecule has 0 bridgehead atoms. The van der Waals surface area contributed by atoms with E-state index in [1.165, 1.54) is 5.56 Å². The van der Waals surface area contributed by atoms with E-state index in [4.69, 9.17) is 4.74 Å². The van der Waals surface area contributed by atoms with Crippen molar-refractivity contribution >= 4 is 5.91 Å². The van der Waals surface area contributed by atoms with Crippen LogP contribution in [0.3, 0.4) is 0 Å². The molecule has 1 aromatic carbocycles. The van der Waals surface area contributed by atoms with Crippen molar-refractivity contribution in [1.82, 2.24) is 14.7 Å². The molecule has 5 nitrogen and oxygen atoms in total. The second-order valence-corrected chi connectivity index (χ2v) is 7.29. The summed E-state index contributed by atoms with van der Waals surface area (Å²) in [5.41, 5.74) is 2.41. The number of benzene rings is 1. The van der Waals surface area contributed by atoms with E-state index in [2.05, 4.69) is 28.3 Å². The summed E-state index contributed by atoms with van der Waals surface area (Å²) in [6.07, 6.45) is 7.07. The average Bonchev–Trinajstić information content (AvgIpc) is 3.12. The summed E-state index contributed by atoms with van der Waals surface area (Å²) in [5.74, 6) is 1.70. The number of amides is 1. The van der Waals surface area contributed by atoms with Gasteiger partial charge in [-0.3, -0.25) is 9.48 Å². The van der Waals surface area contributed by atoms with E-state index in [-0.39, 0.29) is 12.0 Å². The zero-order valence-corrected chi connectivity index (χ0v) is 14.9. The Morgan fingerprint density at radius 3 is 2.80 bits per heavy atom. The van der Waals surface area contributed by atoms with Crippen molar-refractivity contribution < 1.29 is 9.53 Å². The molecule has 0 radical (unpaired) electrons. The number of likely N-dealkylation sites (tertiary alicyclic amines) is 1. The third-order valence-electron chi connectivity index (χ3n) is 5.47. The smallest absolute Gasteiger partial charge is 0.226 e. The maximum Gasteiger partial charge on any atom is 0.226 e. The number of rotatable bonds is 5. The summed E-state index contributed by atoms with van der Waals surface area (Å²) in [5, 5.41) is 4.38. The number of aryl methyl sites for hydroxylation is 1. The Morgan fingerprint density at radius 2 is 2.12 bits per heavy atom. The number of carbonyl (C=O) groups is 1. The summed E-state index contributed by atoms with van der Waals surface area (Å²) in [6.45, 7) is 3.74. The molecule has 132 valence electrons. The fraction of sp³-hybridized carbons (Fsp3) is 0.500. The van der Waals surface area contributed by atoms with Gasteiger partial charge in [-0.2, -0.15) is 5.10 Å². The lowest BCUT2D eigenvalue weighted by molar-refractivity contribution is -0.133. The molecule has 1 saturated heterocycles. The molecule has 2 aromatic rings. The second-order valence-electron chi connectivity index (χ2n) is 7.29. The maximum atomic E-state index is 13.0. The molecule has 0 unspecified atom stereocenters. The molecule has 2 fully saturated rings. The molecule has 25 heavy (non-hydrogen) atoms. The molecule has 0 N–H and O–H groups in total. The van der Waals surface area contributed by atoms with Crippen LogP contribution in [0.4, 0.5) is 0 Å². The number of ether oxygens (including phenoxy) is 1. The van der Waals surface area contributed by atoms with Crippen LogP contribution in [0.5, 0.6) is 5.75 Å². The van der Waals surface area contributed by atoms with Crippen LogP contribution in [0.2, 0.25) is 0 Å². The Hall–Kier alpha value is -2.30. The summed E-state index contributed by atoms with van der Waals surface area (Å²) >= 11 is 0. The average molecular weight is 339 g/mol. The Kier molecular flexibility index (Phi) is 4.24.